The van der Waals surface area contributed by atoms with E-state index in [9.17, 15) is 9.18 Å². The van der Waals surface area contributed by atoms with Crippen LogP contribution in [-0.2, 0) is 11.2 Å². The highest BCUT2D eigenvalue weighted by molar-refractivity contribution is 7.80. The number of carbonyl (C=O) groups is 1. The van der Waals surface area contributed by atoms with Gasteiger partial charge in [-0.1, -0.05) is 36.4 Å². The standard InChI is InChI=1S/C20H16FN3O2S/c21-16-13-15(9-10-17(16)26-19-8-4-5-11-22-19)23-20(27)24-18(25)12-14-6-2-1-3-7-14/h1-11,13H,12H2,(H2,23,24,25,27). The Bertz CT molecular complexity index is 936. The molecular formula is C20H16FN3O2S. The summed E-state index contributed by atoms with van der Waals surface area (Å²) in [5, 5.41) is 5.44. The van der Waals surface area contributed by atoms with Gasteiger partial charge in [0.15, 0.2) is 16.7 Å². The predicted molar refractivity (Wildman–Crippen MR) is 105 cm³/mol. The third kappa shape index (κ3) is 5.58. The Hall–Kier alpha value is -3.32. The van der Waals surface area contributed by atoms with E-state index in [1.165, 1.54) is 12.1 Å². The van der Waals surface area contributed by atoms with Crippen molar-refractivity contribution in [2.24, 2.45) is 0 Å². The van der Waals surface area contributed by atoms with Crippen molar-refractivity contribution in [3.63, 3.8) is 0 Å². The van der Waals surface area contributed by atoms with Gasteiger partial charge in [-0.25, -0.2) is 9.37 Å². The molecule has 0 aliphatic heterocycles. The van der Waals surface area contributed by atoms with Crippen molar-refractivity contribution in [1.29, 1.82) is 0 Å². The van der Waals surface area contributed by atoms with Crippen molar-refractivity contribution in [3.05, 3.63) is 84.3 Å². The maximum absolute atomic E-state index is 14.2. The van der Waals surface area contributed by atoms with Gasteiger partial charge in [0.05, 0.1) is 6.42 Å². The highest BCUT2D eigenvalue weighted by atomic mass is 32.1. The fraction of sp³-hybridized carbons (Fsp3) is 0.0500. The van der Waals surface area contributed by atoms with Crippen LogP contribution in [0, 0.1) is 5.82 Å². The zero-order valence-electron chi connectivity index (χ0n) is 14.2. The molecule has 0 spiro atoms. The van der Waals surface area contributed by atoms with E-state index in [0.29, 0.717) is 11.6 Å². The second-order valence-corrected chi connectivity index (χ2v) is 5.99. The lowest BCUT2D eigenvalue weighted by molar-refractivity contribution is -0.119. The van der Waals surface area contributed by atoms with Crippen molar-refractivity contribution in [1.82, 2.24) is 10.3 Å². The molecule has 7 heteroatoms. The Balaban J connectivity index is 1.56. The van der Waals surface area contributed by atoms with E-state index in [0.717, 1.165) is 5.56 Å². The minimum absolute atomic E-state index is 0.0401. The van der Waals surface area contributed by atoms with Gasteiger partial charge in [-0.3, -0.25) is 4.79 Å². The number of hydrogen-bond donors (Lipinski definition) is 2. The molecular weight excluding hydrogens is 365 g/mol. The first-order valence-corrected chi connectivity index (χ1v) is 8.54. The highest BCUT2D eigenvalue weighted by Crippen LogP contribution is 2.25. The van der Waals surface area contributed by atoms with Crippen LogP contribution in [0.3, 0.4) is 0 Å². The molecule has 27 heavy (non-hydrogen) atoms. The monoisotopic (exact) mass is 381 g/mol. The van der Waals surface area contributed by atoms with Gasteiger partial charge in [0.2, 0.25) is 11.8 Å². The number of hydrogen-bond acceptors (Lipinski definition) is 4. The lowest BCUT2D eigenvalue weighted by Gasteiger charge is -2.11. The minimum Gasteiger partial charge on any atom is -0.436 e. The quantitative estimate of drug-likeness (QED) is 0.653. The minimum atomic E-state index is -0.580. The van der Waals surface area contributed by atoms with Gasteiger partial charge in [0, 0.05) is 24.0 Å². The van der Waals surface area contributed by atoms with Gasteiger partial charge in [-0.15, -0.1) is 0 Å². The summed E-state index contributed by atoms with van der Waals surface area (Å²) in [4.78, 5) is 16.0. The number of thiocarbonyl (C=S) groups is 1. The molecule has 2 N–H and O–H groups in total. The number of aromatic nitrogens is 1. The van der Waals surface area contributed by atoms with E-state index in [1.807, 2.05) is 30.3 Å². The Morgan fingerprint density at radius 1 is 1.07 bits per heavy atom. The molecule has 3 aromatic rings. The number of rotatable bonds is 5. The predicted octanol–water partition coefficient (Wildman–Crippen LogP) is 4.07. The summed E-state index contributed by atoms with van der Waals surface area (Å²) in [6.45, 7) is 0. The summed E-state index contributed by atoms with van der Waals surface area (Å²) >= 11 is 5.10. The van der Waals surface area contributed by atoms with Crippen molar-refractivity contribution in [2.75, 3.05) is 5.32 Å². The molecule has 3 rings (SSSR count). The third-order valence-electron chi connectivity index (χ3n) is 3.50. The highest BCUT2D eigenvalue weighted by Gasteiger charge is 2.09. The molecule has 1 heterocycles. The van der Waals surface area contributed by atoms with E-state index < -0.39 is 5.82 Å². The molecule has 136 valence electrons. The normalized spacial score (nSPS) is 10.1. The maximum atomic E-state index is 14.2. The molecule has 0 unspecified atom stereocenters. The van der Waals surface area contributed by atoms with Crippen LogP contribution in [-0.4, -0.2) is 16.0 Å². The van der Waals surface area contributed by atoms with Crippen molar-refractivity contribution < 1.29 is 13.9 Å². The summed E-state index contributed by atoms with van der Waals surface area (Å²) < 4.78 is 19.6. The molecule has 0 saturated heterocycles. The van der Waals surface area contributed by atoms with E-state index in [1.54, 1.807) is 30.5 Å². The van der Waals surface area contributed by atoms with E-state index in [4.69, 9.17) is 17.0 Å². The summed E-state index contributed by atoms with van der Waals surface area (Å²) in [5.41, 5.74) is 1.27. The van der Waals surface area contributed by atoms with Crippen LogP contribution >= 0.6 is 12.2 Å². The van der Waals surface area contributed by atoms with Crippen LogP contribution in [0.1, 0.15) is 5.56 Å². The second-order valence-electron chi connectivity index (χ2n) is 5.58. The molecule has 1 aromatic heterocycles. The number of benzene rings is 2. The molecule has 2 aromatic carbocycles. The molecule has 0 bridgehead atoms. The average molecular weight is 381 g/mol. The zero-order chi connectivity index (χ0) is 19.1. The fourth-order valence-corrected chi connectivity index (χ4v) is 2.53. The first kappa shape index (κ1) is 18.5. The molecule has 0 radical (unpaired) electrons. The average Bonchev–Trinajstić information content (AvgIpc) is 2.65. The summed E-state index contributed by atoms with van der Waals surface area (Å²) in [6.07, 6.45) is 1.76. The molecule has 1 amide bonds. The van der Waals surface area contributed by atoms with Crippen molar-refractivity contribution >= 4 is 28.9 Å². The van der Waals surface area contributed by atoms with Crippen molar-refractivity contribution in [3.8, 4) is 11.6 Å². The fourth-order valence-electron chi connectivity index (χ4n) is 2.30. The van der Waals surface area contributed by atoms with E-state index in [2.05, 4.69) is 15.6 Å². The summed E-state index contributed by atoms with van der Waals surface area (Å²) in [7, 11) is 0. The topological polar surface area (TPSA) is 63.2 Å². The van der Waals surface area contributed by atoms with Crippen LogP contribution in [0.25, 0.3) is 0 Å². The van der Waals surface area contributed by atoms with Gasteiger partial charge < -0.3 is 15.4 Å². The molecule has 0 fully saturated rings. The number of halogens is 1. The summed E-state index contributed by atoms with van der Waals surface area (Å²) in [6, 6.07) is 18.7. The Kier molecular flexibility index (Phi) is 6.06. The van der Waals surface area contributed by atoms with Crippen LogP contribution < -0.4 is 15.4 Å². The molecule has 0 saturated carbocycles. The number of anilines is 1. The Labute approximate surface area is 161 Å². The zero-order valence-corrected chi connectivity index (χ0v) is 15.0. The van der Waals surface area contributed by atoms with E-state index >= 15 is 0 Å². The van der Waals surface area contributed by atoms with E-state index in [-0.39, 0.29) is 23.2 Å². The number of carbonyl (C=O) groups excluding carboxylic acids is 1. The number of pyridine rings is 1. The maximum Gasteiger partial charge on any atom is 0.230 e. The number of nitrogens with one attached hydrogen (secondary N) is 2. The molecule has 5 nitrogen and oxygen atoms in total. The van der Waals surface area contributed by atoms with Crippen LogP contribution in [0.2, 0.25) is 0 Å². The van der Waals surface area contributed by atoms with Crippen LogP contribution in [0.5, 0.6) is 11.6 Å². The third-order valence-corrected chi connectivity index (χ3v) is 3.71. The van der Waals surface area contributed by atoms with Gasteiger partial charge >= 0.3 is 0 Å². The smallest absolute Gasteiger partial charge is 0.230 e. The van der Waals surface area contributed by atoms with Crippen LogP contribution in [0.15, 0.2) is 72.9 Å². The molecule has 0 aliphatic carbocycles. The number of nitrogens with zero attached hydrogens (tertiary/aromatic N) is 1. The summed E-state index contributed by atoms with van der Waals surface area (Å²) in [5.74, 6) is -0.502. The van der Waals surface area contributed by atoms with Gasteiger partial charge in [-0.05, 0) is 36.0 Å². The van der Waals surface area contributed by atoms with Crippen LogP contribution in [0.4, 0.5) is 10.1 Å². The largest absolute Gasteiger partial charge is 0.436 e. The molecule has 0 aliphatic rings. The number of amides is 1. The first-order valence-electron chi connectivity index (χ1n) is 8.13. The van der Waals surface area contributed by atoms with Gasteiger partial charge in [0.25, 0.3) is 0 Å². The van der Waals surface area contributed by atoms with Gasteiger partial charge in [-0.2, -0.15) is 0 Å². The van der Waals surface area contributed by atoms with Gasteiger partial charge in [0.1, 0.15) is 0 Å². The second kappa shape index (κ2) is 8.86. The lowest BCUT2D eigenvalue weighted by atomic mass is 10.1. The number of ether oxygens (including phenoxy) is 1. The Morgan fingerprint density at radius 2 is 1.85 bits per heavy atom. The first-order chi connectivity index (χ1) is 13.1. The Morgan fingerprint density at radius 3 is 2.56 bits per heavy atom. The molecule has 0 atom stereocenters. The lowest BCUT2D eigenvalue weighted by Crippen LogP contribution is -2.35. The van der Waals surface area contributed by atoms with Crippen molar-refractivity contribution in [2.45, 2.75) is 6.42 Å². The SMILES string of the molecule is O=C(Cc1ccccc1)NC(=S)Nc1ccc(Oc2ccccn2)c(F)c1.